The summed E-state index contributed by atoms with van der Waals surface area (Å²) in [4.78, 5) is 0.903. The van der Waals surface area contributed by atoms with Crippen LogP contribution in [0.3, 0.4) is 0 Å². The van der Waals surface area contributed by atoms with Crippen molar-refractivity contribution in [3.8, 4) is 6.07 Å². The lowest BCUT2D eigenvalue weighted by Crippen LogP contribution is -1.96. The number of aryl methyl sites for hydroxylation is 1. The van der Waals surface area contributed by atoms with E-state index in [0.717, 1.165) is 10.5 Å². The molecule has 0 unspecified atom stereocenters. The predicted octanol–water partition coefficient (Wildman–Crippen LogP) is 4.47. The van der Waals surface area contributed by atoms with Gasteiger partial charge in [0.2, 0.25) is 0 Å². The van der Waals surface area contributed by atoms with Crippen LogP contribution in [0.2, 0.25) is 0 Å². The summed E-state index contributed by atoms with van der Waals surface area (Å²) in [6.45, 7) is 1.83. The van der Waals surface area contributed by atoms with Gasteiger partial charge in [0.1, 0.15) is 11.9 Å². The Bertz CT molecular complexity index is 627. The van der Waals surface area contributed by atoms with Crippen LogP contribution in [0.1, 0.15) is 11.1 Å². The van der Waals surface area contributed by atoms with Crippen molar-refractivity contribution in [2.75, 3.05) is 11.6 Å². The Morgan fingerprint density at radius 1 is 1.26 bits per heavy atom. The molecule has 4 heteroatoms. The Kier molecular flexibility index (Phi) is 4.08. The van der Waals surface area contributed by atoms with Crippen LogP contribution in [0.5, 0.6) is 0 Å². The maximum absolute atomic E-state index is 13.3. The van der Waals surface area contributed by atoms with Crippen molar-refractivity contribution in [2.45, 2.75) is 11.8 Å². The molecular weight excluding hydrogens is 259 g/mol. The predicted molar refractivity (Wildman–Crippen MR) is 77.4 cm³/mol. The molecule has 2 aromatic rings. The largest absolute Gasteiger partial charge is 0.354 e. The van der Waals surface area contributed by atoms with Crippen molar-refractivity contribution in [3.05, 3.63) is 53.3 Å². The summed E-state index contributed by atoms with van der Waals surface area (Å²) in [5.41, 5.74) is 2.76. The molecule has 0 saturated heterocycles. The molecule has 0 bridgehead atoms. The van der Waals surface area contributed by atoms with Gasteiger partial charge in [0, 0.05) is 10.6 Å². The van der Waals surface area contributed by atoms with E-state index in [1.807, 2.05) is 37.4 Å². The summed E-state index contributed by atoms with van der Waals surface area (Å²) in [5, 5.41) is 12.3. The third kappa shape index (κ3) is 3.07. The SMILES string of the molecule is CSc1cccc(Nc2cc(C)cc(F)c2)c1C#N. The quantitative estimate of drug-likeness (QED) is 0.837. The Morgan fingerprint density at radius 3 is 2.68 bits per heavy atom. The van der Waals surface area contributed by atoms with E-state index in [1.54, 1.807) is 0 Å². The lowest BCUT2D eigenvalue weighted by Gasteiger charge is -2.11. The molecule has 0 aliphatic carbocycles. The summed E-state index contributed by atoms with van der Waals surface area (Å²) in [7, 11) is 0. The maximum Gasteiger partial charge on any atom is 0.125 e. The molecule has 0 amide bonds. The molecule has 2 rings (SSSR count). The molecule has 0 heterocycles. The molecule has 96 valence electrons. The van der Waals surface area contributed by atoms with E-state index in [-0.39, 0.29) is 5.82 Å². The van der Waals surface area contributed by atoms with E-state index in [4.69, 9.17) is 0 Å². The number of nitriles is 1. The molecule has 0 spiro atoms. The smallest absolute Gasteiger partial charge is 0.125 e. The Labute approximate surface area is 116 Å². The van der Waals surface area contributed by atoms with Gasteiger partial charge in [-0.3, -0.25) is 0 Å². The number of thioether (sulfide) groups is 1. The average molecular weight is 272 g/mol. The fourth-order valence-electron chi connectivity index (χ4n) is 1.88. The standard InChI is InChI=1S/C15H13FN2S/c1-10-6-11(16)8-12(7-10)18-14-4-3-5-15(19-2)13(14)9-17/h3-8,18H,1-2H3. The fraction of sp³-hybridized carbons (Fsp3) is 0.133. The van der Waals surface area contributed by atoms with Crippen molar-refractivity contribution in [1.29, 1.82) is 5.26 Å². The number of anilines is 2. The van der Waals surface area contributed by atoms with Crippen molar-refractivity contribution in [1.82, 2.24) is 0 Å². The van der Waals surface area contributed by atoms with Gasteiger partial charge in [0.05, 0.1) is 11.3 Å². The Hall–Kier alpha value is -1.99. The molecule has 0 fully saturated rings. The highest BCUT2D eigenvalue weighted by Crippen LogP contribution is 2.29. The first-order chi connectivity index (χ1) is 9.13. The number of nitrogens with one attached hydrogen (secondary N) is 1. The molecule has 2 nitrogen and oxygen atoms in total. The van der Waals surface area contributed by atoms with Crippen molar-refractivity contribution < 1.29 is 4.39 Å². The lowest BCUT2D eigenvalue weighted by molar-refractivity contribution is 0.627. The Balaban J connectivity index is 2.41. The average Bonchev–Trinajstić information content (AvgIpc) is 2.37. The number of rotatable bonds is 3. The molecule has 0 saturated carbocycles. The zero-order chi connectivity index (χ0) is 13.8. The first-order valence-corrected chi connectivity index (χ1v) is 6.98. The van der Waals surface area contributed by atoms with Gasteiger partial charge < -0.3 is 5.32 Å². The number of nitrogens with zero attached hydrogens (tertiary/aromatic N) is 1. The normalized spacial score (nSPS) is 10.0. The fourth-order valence-corrected chi connectivity index (χ4v) is 2.46. The first kappa shape index (κ1) is 13.4. The van der Waals surface area contributed by atoms with Crippen LogP contribution in [0.4, 0.5) is 15.8 Å². The summed E-state index contributed by atoms with van der Waals surface area (Å²) in [6, 6.07) is 12.5. The molecule has 0 aliphatic rings. The minimum atomic E-state index is -0.290. The van der Waals surface area contributed by atoms with Crippen molar-refractivity contribution in [3.63, 3.8) is 0 Å². The number of hydrogen-bond acceptors (Lipinski definition) is 3. The molecule has 0 aromatic heterocycles. The lowest BCUT2D eigenvalue weighted by atomic mass is 10.1. The monoisotopic (exact) mass is 272 g/mol. The van der Waals surface area contributed by atoms with Crippen molar-refractivity contribution >= 4 is 23.1 Å². The van der Waals surface area contributed by atoms with Crippen LogP contribution >= 0.6 is 11.8 Å². The summed E-state index contributed by atoms with van der Waals surface area (Å²) < 4.78 is 13.3. The van der Waals surface area contributed by atoms with Gasteiger partial charge in [0.15, 0.2) is 0 Å². The van der Waals surface area contributed by atoms with E-state index in [2.05, 4.69) is 11.4 Å². The van der Waals surface area contributed by atoms with Crippen LogP contribution < -0.4 is 5.32 Å². The highest BCUT2D eigenvalue weighted by atomic mass is 32.2. The second-order valence-corrected chi connectivity index (χ2v) is 4.98. The molecule has 0 atom stereocenters. The summed E-state index contributed by atoms with van der Waals surface area (Å²) in [5.74, 6) is -0.290. The molecular formula is C15H13FN2S. The van der Waals surface area contributed by atoms with Gasteiger partial charge in [0.25, 0.3) is 0 Å². The molecule has 19 heavy (non-hydrogen) atoms. The number of hydrogen-bond donors (Lipinski definition) is 1. The zero-order valence-corrected chi connectivity index (χ0v) is 11.5. The van der Waals surface area contributed by atoms with Gasteiger partial charge in [-0.15, -0.1) is 11.8 Å². The van der Waals surface area contributed by atoms with Gasteiger partial charge in [-0.2, -0.15) is 5.26 Å². The van der Waals surface area contributed by atoms with Crippen LogP contribution in [0, 0.1) is 24.1 Å². The zero-order valence-electron chi connectivity index (χ0n) is 10.7. The Morgan fingerprint density at radius 2 is 2.05 bits per heavy atom. The molecule has 0 radical (unpaired) electrons. The third-order valence-corrected chi connectivity index (χ3v) is 3.46. The van der Waals surface area contributed by atoms with Gasteiger partial charge >= 0.3 is 0 Å². The van der Waals surface area contributed by atoms with E-state index in [9.17, 15) is 9.65 Å². The van der Waals surface area contributed by atoms with Crippen LogP contribution in [-0.2, 0) is 0 Å². The number of benzene rings is 2. The molecule has 2 aromatic carbocycles. The summed E-state index contributed by atoms with van der Waals surface area (Å²) in [6.07, 6.45) is 1.92. The minimum Gasteiger partial charge on any atom is -0.354 e. The van der Waals surface area contributed by atoms with Crippen LogP contribution in [0.15, 0.2) is 41.3 Å². The van der Waals surface area contributed by atoms with E-state index < -0.39 is 0 Å². The first-order valence-electron chi connectivity index (χ1n) is 5.75. The van der Waals surface area contributed by atoms with E-state index in [0.29, 0.717) is 16.9 Å². The highest BCUT2D eigenvalue weighted by Gasteiger charge is 2.08. The van der Waals surface area contributed by atoms with E-state index >= 15 is 0 Å². The third-order valence-electron chi connectivity index (χ3n) is 2.68. The van der Waals surface area contributed by atoms with Crippen LogP contribution in [0.25, 0.3) is 0 Å². The van der Waals surface area contributed by atoms with E-state index in [1.165, 1.54) is 23.9 Å². The topological polar surface area (TPSA) is 35.8 Å². The van der Waals surface area contributed by atoms with Crippen molar-refractivity contribution in [2.24, 2.45) is 0 Å². The van der Waals surface area contributed by atoms with Gasteiger partial charge in [-0.05, 0) is 49.1 Å². The maximum atomic E-state index is 13.3. The highest BCUT2D eigenvalue weighted by molar-refractivity contribution is 7.98. The van der Waals surface area contributed by atoms with Gasteiger partial charge in [-0.1, -0.05) is 6.07 Å². The van der Waals surface area contributed by atoms with Crippen LogP contribution in [-0.4, -0.2) is 6.26 Å². The number of halogens is 1. The van der Waals surface area contributed by atoms with Gasteiger partial charge in [-0.25, -0.2) is 4.39 Å². The second kappa shape index (κ2) is 5.77. The molecule has 0 aliphatic heterocycles. The minimum absolute atomic E-state index is 0.290. The summed E-state index contributed by atoms with van der Waals surface area (Å²) >= 11 is 1.51. The second-order valence-electron chi connectivity index (χ2n) is 4.14. The molecule has 1 N–H and O–H groups in total.